The van der Waals surface area contributed by atoms with Crippen LogP contribution < -0.4 is 0 Å². The molecule has 0 fully saturated rings. The summed E-state index contributed by atoms with van der Waals surface area (Å²) in [7, 11) is 0. The van der Waals surface area contributed by atoms with Crippen molar-refractivity contribution in [2.45, 2.75) is 13.8 Å². The third-order valence-corrected chi connectivity index (χ3v) is 9.73. The molecule has 0 atom stereocenters. The first kappa shape index (κ1) is 31.8. The molecule has 0 spiro atoms. The van der Waals surface area contributed by atoms with Gasteiger partial charge in [-0.05, 0) is 72.5 Å². The van der Waals surface area contributed by atoms with Gasteiger partial charge in [0, 0.05) is 27.5 Å². The van der Waals surface area contributed by atoms with Crippen LogP contribution in [-0.4, -0.2) is 19.5 Å². The maximum absolute atomic E-state index is 9.76. The number of aryl methyl sites for hydroxylation is 2. The van der Waals surface area contributed by atoms with Crippen LogP contribution in [0.2, 0.25) is 0 Å². The Kier molecular flexibility index (Phi) is 7.91. The van der Waals surface area contributed by atoms with Crippen LogP contribution in [0.5, 0.6) is 0 Å². The molecule has 0 unspecified atom stereocenters. The topological polar surface area (TPSA) is 67.4 Å². The summed E-state index contributed by atoms with van der Waals surface area (Å²) in [6.45, 7) is 4.29. The Morgan fingerprint density at radius 2 is 1.00 bits per heavy atom. The Balaban J connectivity index is 1.37. The van der Waals surface area contributed by atoms with Crippen LogP contribution in [0.25, 0.3) is 83.9 Å². The largest absolute Gasteiger partial charge is 0.308 e. The molecular formula is C48H33N5. The quantitative estimate of drug-likeness (QED) is 0.175. The molecule has 0 saturated heterocycles. The Morgan fingerprint density at radius 1 is 0.434 bits per heavy atom. The lowest BCUT2D eigenvalue weighted by molar-refractivity contribution is 1.06. The highest BCUT2D eigenvalue weighted by Gasteiger charge is 2.21. The SMILES string of the molecule is Cc1cc(C)cc(-c2ccc3c4ccccc4n(-c4cc(-c5cccc(C#N)c5)ccc4-c4nc(-c5ccccc5)nc(-c5ccccc5)n4)c3c2)c1. The minimum atomic E-state index is 0.571. The molecule has 9 aromatic rings. The van der Waals surface area contributed by atoms with Gasteiger partial charge in [-0.1, -0.05) is 139 Å². The molecule has 53 heavy (non-hydrogen) atoms. The van der Waals surface area contributed by atoms with Crippen molar-refractivity contribution in [2.24, 2.45) is 0 Å². The number of benzene rings is 7. The lowest BCUT2D eigenvalue weighted by Crippen LogP contribution is -2.04. The van der Waals surface area contributed by atoms with Crippen LogP contribution in [0.15, 0.2) is 164 Å². The van der Waals surface area contributed by atoms with E-state index < -0.39 is 0 Å². The van der Waals surface area contributed by atoms with E-state index in [1.807, 2.05) is 84.9 Å². The van der Waals surface area contributed by atoms with E-state index in [2.05, 4.69) is 103 Å². The van der Waals surface area contributed by atoms with E-state index in [4.69, 9.17) is 15.0 Å². The van der Waals surface area contributed by atoms with Crippen molar-refractivity contribution >= 4 is 21.8 Å². The fourth-order valence-electron chi connectivity index (χ4n) is 7.33. The second kappa shape index (κ2) is 13.2. The molecule has 0 aliphatic rings. The van der Waals surface area contributed by atoms with E-state index in [1.54, 1.807) is 0 Å². The van der Waals surface area contributed by atoms with Gasteiger partial charge in [0.2, 0.25) is 0 Å². The number of fused-ring (bicyclic) bond motifs is 3. The highest BCUT2D eigenvalue weighted by atomic mass is 15.1. The molecule has 250 valence electrons. The Bertz CT molecular complexity index is 2790. The van der Waals surface area contributed by atoms with Crippen molar-refractivity contribution < 1.29 is 0 Å². The smallest absolute Gasteiger partial charge is 0.166 e. The molecular weight excluding hydrogens is 647 g/mol. The third-order valence-electron chi connectivity index (χ3n) is 9.73. The second-order valence-corrected chi connectivity index (χ2v) is 13.4. The van der Waals surface area contributed by atoms with Crippen LogP contribution in [0.3, 0.4) is 0 Å². The van der Waals surface area contributed by atoms with Gasteiger partial charge < -0.3 is 4.57 Å². The van der Waals surface area contributed by atoms with Crippen LogP contribution in [0.1, 0.15) is 16.7 Å². The average molecular weight is 680 g/mol. The van der Waals surface area contributed by atoms with Crippen LogP contribution in [0.4, 0.5) is 0 Å². The fourth-order valence-corrected chi connectivity index (χ4v) is 7.33. The standard InChI is InChI=1S/C48H33N5/c1-31-24-32(2)26-39(25-31)38-20-22-41-40-18-9-10-19-43(40)53(44(41)29-38)45-28-37(36-17-11-12-33(27-36)30-49)21-23-42(45)48-51-46(34-13-5-3-6-14-34)50-47(52-48)35-15-7-4-8-16-35/h3-29H,1-2H3. The van der Waals surface area contributed by atoms with E-state index >= 15 is 0 Å². The first-order chi connectivity index (χ1) is 26.0. The van der Waals surface area contributed by atoms with E-state index in [9.17, 15) is 5.26 Å². The zero-order valence-electron chi connectivity index (χ0n) is 29.3. The normalized spacial score (nSPS) is 11.2. The van der Waals surface area contributed by atoms with Gasteiger partial charge in [0.25, 0.3) is 0 Å². The molecule has 5 heteroatoms. The number of para-hydroxylation sites is 1. The predicted octanol–water partition coefficient (Wildman–Crippen LogP) is 11.8. The van der Waals surface area contributed by atoms with Crippen molar-refractivity contribution in [3.63, 3.8) is 0 Å². The van der Waals surface area contributed by atoms with E-state index in [1.165, 1.54) is 16.7 Å². The molecule has 2 aromatic heterocycles. The highest BCUT2D eigenvalue weighted by Crippen LogP contribution is 2.40. The van der Waals surface area contributed by atoms with Crippen molar-refractivity contribution in [3.05, 3.63) is 180 Å². The Labute approximate surface area is 308 Å². The number of nitriles is 1. The van der Waals surface area contributed by atoms with E-state index in [-0.39, 0.29) is 0 Å². The summed E-state index contributed by atoms with van der Waals surface area (Å²) in [6, 6.07) is 58.6. The predicted molar refractivity (Wildman–Crippen MR) is 216 cm³/mol. The number of rotatable bonds is 6. The third kappa shape index (κ3) is 5.93. The second-order valence-electron chi connectivity index (χ2n) is 13.4. The molecule has 0 N–H and O–H groups in total. The van der Waals surface area contributed by atoms with Gasteiger partial charge in [-0.15, -0.1) is 0 Å². The summed E-state index contributed by atoms with van der Waals surface area (Å²) in [5, 5.41) is 12.1. The van der Waals surface area contributed by atoms with Gasteiger partial charge in [0.05, 0.1) is 28.4 Å². The molecule has 0 bridgehead atoms. The number of nitrogens with zero attached hydrogens (tertiary/aromatic N) is 5. The molecule has 2 heterocycles. The number of hydrogen-bond donors (Lipinski definition) is 0. The summed E-state index contributed by atoms with van der Waals surface area (Å²) < 4.78 is 2.35. The maximum atomic E-state index is 9.76. The monoisotopic (exact) mass is 679 g/mol. The van der Waals surface area contributed by atoms with Crippen molar-refractivity contribution in [1.82, 2.24) is 19.5 Å². The van der Waals surface area contributed by atoms with E-state index in [0.717, 1.165) is 60.9 Å². The molecule has 0 aliphatic carbocycles. The summed E-state index contributed by atoms with van der Waals surface area (Å²) >= 11 is 0. The molecule has 0 amide bonds. The number of hydrogen-bond acceptors (Lipinski definition) is 4. The van der Waals surface area contributed by atoms with Crippen molar-refractivity contribution in [2.75, 3.05) is 0 Å². The summed E-state index contributed by atoms with van der Waals surface area (Å²) in [6.07, 6.45) is 0. The molecule has 0 radical (unpaired) electrons. The first-order valence-corrected chi connectivity index (χ1v) is 17.7. The lowest BCUT2D eigenvalue weighted by Gasteiger charge is -2.17. The molecule has 7 aromatic carbocycles. The lowest BCUT2D eigenvalue weighted by atomic mass is 9.99. The zero-order valence-corrected chi connectivity index (χ0v) is 29.3. The van der Waals surface area contributed by atoms with Gasteiger partial charge in [-0.25, -0.2) is 15.0 Å². The summed E-state index contributed by atoms with van der Waals surface area (Å²) in [5.41, 5.74) is 13.1. The van der Waals surface area contributed by atoms with E-state index in [0.29, 0.717) is 23.0 Å². The van der Waals surface area contributed by atoms with Gasteiger partial charge >= 0.3 is 0 Å². The van der Waals surface area contributed by atoms with Crippen LogP contribution in [0, 0.1) is 25.2 Å². The number of aromatic nitrogens is 4. The minimum Gasteiger partial charge on any atom is -0.308 e. The Morgan fingerprint density at radius 3 is 1.70 bits per heavy atom. The van der Waals surface area contributed by atoms with Crippen molar-refractivity contribution in [3.8, 4) is 68.2 Å². The molecule has 5 nitrogen and oxygen atoms in total. The van der Waals surface area contributed by atoms with Gasteiger partial charge in [0.1, 0.15) is 0 Å². The fraction of sp³-hybridized carbons (Fsp3) is 0.0417. The molecule has 9 rings (SSSR count). The average Bonchev–Trinajstić information content (AvgIpc) is 3.54. The maximum Gasteiger partial charge on any atom is 0.166 e. The van der Waals surface area contributed by atoms with Crippen LogP contribution >= 0.6 is 0 Å². The summed E-state index contributed by atoms with van der Waals surface area (Å²) in [4.78, 5) is 15.3. The molecule has 0 saturated carbocycles. The van der Waals surface area contributed by atoms with Gasteiger partial charge in [-0.3, -0.25) is 0 Å². The van der Waals surface area contributed by atoms with Crippen molar-refractivity contribution in [1.29, 1.82) is 5.26 Å². The van der Waals surface area contributed by atoms with Gasteiger partial charge in [0.15, 0.2) is 17.5 Å². The summed E-state index contributed by atoms with van der Waals surface area (Å²) in [5.74, 6) is 1.78. The van der Waals surface area contributed by atoms with Crippen LogP contribution in [-0.2, 0) is 0 Å². The van der Waals surface area contributed by atoms with Gasteiger partial charge in [-0.2, -0.15) is 5.26 Å². The zero-order chi connectivity index (χ0) is 35.9. The first-order valence-electron chi connectivity index (χ1n) is 17.7. The molecule has 0 aliphatic heterocycles. The highest BCUT2D eigenvalue weighted by molar-refractivity contribution is 6.10. The Hall–Kier alpha value is -7.16. The minimum absolute atomic E-state index is 0.571.